The van der Waals surface area contributed by atoms with Crippen molar-refractivity contribution in [2.75, 3.05) is 6.61 Å². The number of esters is 1. The standard InChI is InChI=1S/C18H15F4N3O2S/c1-3-27-17(26)12-7-23-25(8-12)9-15-10(2)28-16(24-15)11-4-5-14(19)13(6-11)18(20,21)22/h4-8H,3,9H2,1-2H3. The van der Waals surface area contributed by atoms with Crippen molar-refractivity contribution in [3.05, 3.63) is 58.1 Å². The Morgan fingerprint density at radius 3 is 2.75 bits per heavy atom. The highest BCUT2D eigenvalue weighted by Crippen LogP contribution is 2.36. The summed E-state index contributed by atoms with van der Waals surface area (Å²) in [6.45, 7) is 3.95. The SMILES string of the molecule is CCOC(=O)c1cnn(Cc2nc(-c3ccc(F)c(C(F)(F)F)c3)sc2C)c1. The number of hydrogen-bond acceptors (Lipinski definition) is 5. The lowest BCUT2D eigenvalue weighted by atomic mass is 10.1. The molecular formula is C18H15F4N3O2S. The fourth-order valence-corrected chi connectivity index (χ4v) is 3.42. The Morgan fingerprint density at radius 1 is 1.32 bits per heavy atom. The smallest absolute Gasteiger partial charge is 0.419 e. The minimum atomic E-state index is -4.78. The summed E-state index contributed by atoms with van der Waals surface area (Å²) in [4.78, 5) is 16.8. The summed E-state index contributed by atoms with van der Waals surface area (Å²) >= 11 is 1.20. The van der Waals surface area contributed by atoms with Crippen molar-refractivity contribution in [2.24, 2.45) is 0 Å². The second-order valence-corrected chi connectivity index (χ2v) is 7.06. The average Bonchev–Trinajstić information content (AvgIpc) is 3.22. The van der Waals surface area contributed by atoms with Crippen molar-refractivity contribution in [3.63, 3.8) is 0 Å². The Morgan fingerprint density at radius 2 is 2.07 bits per heavy atom. The van der Waals surface area contributed by atoms with Crippen LogP contribution >= 0.6 is 11.3 Å². The van der Waals surface area contributed by atoms with Crippen molar-refractivity contribution >= 4 is 17.3 Å². The molecule has 0 aliphatic rings. The number of aromatic nitrogens is 3. The first-order valence-corrected chi connectivity index (χ1v) is 9.03. The normalized spacial score (nSPS) is 11.6. The highest BCUT2D eigenvalue weighted by molar-refractivity contribution is 7.15. The Balaban J connectivity index is 1.85. The largest absolute Gasteiger partial charge is 0.462 e. The summed E-state index contributed by atoms with van der Waals surface area (Å²) in [5, 5.41) is 4.42. The summed E-state index contributed by atoms with van der Waals surface area (Å²) in [6, 6.07) is 2.80. The molecule has 0 spiro atoms. The van der Waals surface area contributed by atoms with E-state index in [4.69, 9.17) is 4.74 Å². The minimum absolute atomic E-state index is 0.181. The van der Waals surface area contributed by atoms with E-state index in [0.717, 1.165) is 17.0 Å². The third-order valence-corrected chi connectivity index (χ3v) is 4.93. The van der Waals surface area contributed by atoms with Gasteiger partial charge in [0.05, 0.1) is 36.2 Å². The first-order chi connectivity index (χ1) is 13.2. The number of thiazole rings is 1. The maximum Gasteiger partial charge on any atom is 0.419 e. The van der Waals surface area contributed by atoms with Crippen LogP contribution in [0.1, 0.15) is 33.4 Å². The number of benzene rings is 1. The average molecular weight is 413 g/mol. The molecule has 0 saturated heterocycles. The second kappa shape index (κ2) is 7.70. The van der Waals surface area contributed by atoms with Crippen LogP contribution in [0.3, 0.4) is 0 Å². The van der Waals surface area contributed by atoms with Crippen LogP contribution in [0.15, 0.2) is 30.6 Å². The van der Waals surface area contributed by atoms with E-state index < -0.39 is 23.5 Å². The summed E-state index contributed by atoms with van der Waals surface area (Å²) in [5.74, 6) is -1.82. The number of ether oxygens (including phenoxy) is 1. The molecule has 3 rings (SSSR count). The molecule has 0 aliphatic heterocycles. The van der Waals surface area contributed by atoms with Gasteiger partial charge >= 0.3 is 12.1 Å². The number of rotatable bonds is 5. The monoisotopic (exact) mass is 413 g/mol. The van der Waals surface area contributed by atoms with Crippen molar-refractivity contribution < 1.29 is 27.1 Å². The second-order valence-electron chi connectivity index (χ2n) is 5.86. The predicted molar refractivity (Wildman–Crippen MR) is 94.5 cm³/mol. The quantitative estimate of drug-likeness (QED) is 0.450. The molecule has 0 atom stereocenters. The van der Waals surface area contributed by atoms with E-state index in [1.807, 2.05) is 0 Å². The highest BCUT2D eigenvalue weighted by Gasteiger charge is 2.34. The van der Waals surface area contributed by atoms with Gasteiger partial charge in [-0.1, -0.05) is 0 Å². The van der Waals surface area contributed by atoms with E-state index in [2.05, 4.69) is 10.1 Å². The van der Waals surface area contributed by atoms with Gasteiger partial charge in [0.2, 0.25) is 0 Å². The zero-order chi connectivity index (χ0) is 20.5. The van der Waals surface area contributed by atoms with E-state index in [9.17, 15) is 22.4 Å². The van der Waals surface area contributed by atoms with Gasteiger partial charge in [-0.3, -0.25) is 4.68 Å². The number of hydrogen-bond donors (Lipinski definition) is 0. The number of aryl methyl sites for hydroxylation is 1. The summed E-state index contributed by atoms with van der Waals surface area (Å²) in [5.41, 5.74) is -0.258. The van der Waals surface area contributed by atoms with Crippen LogP contribution in [0.5, 0.6) is 0 Å². The molecular weight excluding hydrogens is 398 g/mol. The Hall–Kier alpha value is -2.75. The first-order valence-electron chi connectivity index (χ1n) is 8.22. The van der Waals surface area contributed by atoms with Crippen LogP contribution in [-0.2, 0) is 17.5 Å². The van der Waals surface area contributed by atoms with Crippen LogP contribution in [0.25, 0.3) is 10.6 Å². The molecule has 10 heteroatoms. The molecule has 5 nitrogen and oxygen atoms in total. The Kier molecular flexibility index (Phi) is 5.50. The number of nitrogens with zero attached hydrogens (tertiary/aromatic N) is 3. The topological polar surface area (TPSA) is 57.0 Å². The summed E-state index contributed by atoms with van der Waals surface area (Å²) in [6.07, 6.45) is -1.90. The van der Waals surface area contributed by atoms with E-state index in [1.54, 1.807) is 13.8 Å². The molecule has 0 bridgehead atoms. The molecule has 0 amide bonds. The third kappa shape index (κ3) is 4.22. The first kappa shape index (κ1) is 20.0. The lowest BCUT2D eigenvalue weighted by Gasteiger charge is -2.08. The molecule has 2 aromatic heterocycles. The fraction of sp³-hybridized carbons (Fsp3) is 0.278. The van der Waals surface area contributed by atoms with Crippen molar-refractivity contribution in [1.82, 2.24) is 14.8 Å². The van der Waals surface area contributed by atoms with Crippen molar-refractivity contribution in [2.45, 2.75) is 26.6 Å². The van der Waals surface area contributed by atoms with Gasteiger partial charge in [-0.2, -0.15) is 18.3 Å². The van der Waals surface area contributed by atoms with Gasteiger partial charge in [-0.15, -0.1) is 11.3 Å². The number of carbonyl (C=O) groups is 1. The molecule has 0 saturated carbocycles. The molecule has 2 heterocycles. The van der Waals surface area contributed by atoms with Crippen LogP contribution in [0.2, 0.25) is 0 Å². The molecule has 0 aliphatic carbocycles. The lowest BCUT2D eigenvalue weighted by molar-refractivity contribution is -0.139. The Labute approximate surface area is 161 Å². The van der Waals surface area contributed by atoms with Gasteiger partial charge in [0.25, 0.3) is 0 Å². The van der Waals surface area contributed by atoms with E-state index in [-0.39, 0.29) is 18.7 Å². The van der Waals surface area contributed by atoms with Crippen molar-refractivity contribution in [3.8, 4) is 10.6 Å². The molecule has 1 aromatic carbocycles. The predicted octanol–water partition coefficient (Wildman–Crippen LogP) is 4.70. The maximum atomic E-state index is 13.5. The summed E-state index contributed by atoms with van der Waals surface area (Å²) in [7, 11) is 0. The van der Waals surface area contributed by atoms with Gasteiger partial charge in [-0.25, -0.2) is 14.2 Å². The van der Waals surface area contributed by atoms with Crippen LogP contribution in [-0.4, -0.2) is 27.3 Å². The number of carbonyl (C=O) groups excluding carboxylic acids is 1. The van der Waals surface area contributed by atoms with Crippen LogP contribution in [0, 0.1) is 12.7 Å². The molecule has 3 aromatic rings. The van der Waals surface area contributed by atoms with Crippen molar-refractivity contribution in [1.29, 1.82) is 0 Å². The lowest BCUT2D eigenvalue weighted by Crippen LogP contribution is -2.08. The van der Waals surface area contributed by atoms with E-state index in [1.165, 1.54) is 34.5 Å². The highest BCUT2D eigenvalue weighted by atomic mass is 32.1. The van der Waals surface area contributed by atoms with Crippen LogP contribution in [0.4, 0.5) is 17.6 Å². The fourth-order valence-electron chi connectivity index (χ4n) is 2.50. The number of halogens is 4. The van der Waals surface area contributed by atoms with E-state index in [0.29, 0.717) is 16.3 Å². The summed E-state index contributed by atoms with van der Waals surface area (Å²) < 4.78 is 58.7. The van der Waals surface area contributed by atoms with Gasteiger partial charge in [0, 0.05) is 16.6 Å². The molecule has 148 valence electrons. The van der Waals surface area contributed by atoms with Gasteiger partial charge in [0.1, 0.15) is 10.8 Å². The molecule has 0 unspecified atom stereocenters. The molecule has 0 radical (unpaired) electrons. The van der Waals surface area contributed by atoms with Crippen LogP contribution < -0.4 is 0 Å². The third-order valence-electron chi connectivity index (χ3n) is 3.87. The minimum Gasteiger partial charge on any atom is -0.462 e. The maximum absolute atomic E-state index is 13.5. The number of alkyl halides is 3. The zero-order valence-corrected chi connectivity index (χ0v) is 15.7. The van der Waals surface area contributed by atoms with Gasteiger partial charge in [0.15, 0.2) is 0 Å². The van der Waals surface area contributed by atoms with E-state index >= 15 is 0 Å². The van der Waals surface area contributed by atoms with Gasteiger partial charge < -0.3 is 4.74 Å². The molecule has 0 N–H and O–H groups in total. The zero-order valence-electron chi connectivity index (χ0n) is 14.9. The van der Waals surface area contributed by atoms with Gasteiger partial charge in [-0.05, 0) is 32.0 Å². The Bertz CT molecular complexity index is 1010. The molecule has 0 fully saturated rings. The molecule has 28 heavy (non-hydrogen) atoms.